The van der Waals surface area contributed by atoms with Gasteiger partial charge in [0.15, 0.2) is 0 Å². The molecule has 0 saturated heterocycles. The molecule has 1 heterocycles. The summed E-state index contributed by atoms with van der Waals surface area (Å²) in [5.41, 5.74) is 6.97. The maximum atomic E-state index is 12.7. The summed E-state index contributed by atoms with van der Waals surface area (Å²) in [6, 6.07) is 8.71. The fourth-order valence-corrected chi connectivity index (χ4v) is 2.49. The number of nitrogens with zero attached hydrogens (tertiary/aromatic N) is 1. The van der Waals surface area contributed by atoms with E-state index in [0.717, 1.165) is 12.1 Å². The minimum absolute atomic E-state index is 0.0568. The number of phenolic OH excluding ortho intramolecular Hbond substituents is 1. The van der Waals surface area contributed by atoms with Crippen molar-refractivity contribution in [3.05, 3.63) is 53.5 Å². The standard InChI is InChI=1S/C17H20N2O3/c18-8-16-7-14(11-22-16)17(21)19(9-12-4-5-12)10-13-2-1-3-15(20)6-13/h1-3,6-7,11-12,20H,4-5,8-10,18H2. The summed E-state index contributed by atoms with van der Waals surface area (Å²) in [7, 11) is 0. The monoisotopic (exact) mass is 300 g/mol. The van der Waals surface area contributed by atoms with Crippen LogP contribution in [0.2, 0.25) is 0 Å². The average Bonchev–Trinajstić information content (AvgIpc) is 3.19. The molecule has 5 nitrogen and oxygen atoms in total. The summed E-state index contributed by atoms with van der Waals surface area (Å²) >= 11 is 0. The van der Waals surface area contributed by atoms with Gasteiger partial charge in [0, 0.05) is 13.1 Å². The van der Waals surface area contributed by atoms with E-state index in [0.29, 0.717) is 23.8 Å². The van der Waals surface area contributed by atoms with E-state index in [1.54, 1.807) is 24.3 Å². The minimum atomic E-state index is -0.0568. The van der Waals surface area contributed by atoms with Gasteiger partial charge in [0.1, 0.15) is 17.8 Å². The van der Waals surface area contributed by atoms with Crippen LogP contribution in [0.3, 0.4) is 0 Å². The normalized spacial score (nSPS) is 14.0. The molecule has 5 heteroatoms. The second kappa shape index (κ2) is 6.23. The van der Waals surface area contributed by atoms with Crippen LogP contribution in [0.4, 0.5) is 0 Å². The molecule has 1 aliphatic rings. The van der Waals surface area contributed by atoms with E-state index in [1.807, 2.05) is 11.0 Å². The molecule has 0 aliphatic heterocycles. The van der Waals surface area contributed by atoms with Gasteiger partial charge in [0.2, 0.25) is 0 Å². The SMILES string of the molecule is NCc1cc(C(=O)N(Cc2cccc(O)c2)CC2CC2)co1. The minimum Gasteiger partial charge on any atom is -0.508 e. The molecule has 0 bridgehead atoms. The number of aromatic hydroxyl groups is 1. The highest BCUT2D eigenvalue weighted by Crippen LogP contribution is 2.31. The summed E-state index contributed by atoms with van der Waals surface area (Å²) in [4.78, 5) is 14.5. The summed E-state index contributed by atoms with van der Waals surface area (Å²) in [6.45, 7) is 1.49. The largest absolute Gasteiger partial charge is 0.508 e. The first-order valence-electron chi connectivity index (χ1n) is 7.50. The van der Waals surface area contributed by atoms with E-state index in [9.17, 15) is 9.90 Å². The van der Waals surface area contributed by atoms with Gasteiger partial charge in [-0.2, -0.15) is 0 Å². The van der Waals surface area contributed by atoms with Gasteiger partial charge in [-0.25, -0.2) is 0 Å². The van der Waals surface area contributed by atoms with Crippen LogP contribution < -0.4 is 5.73 Å². The Hall–Kier alpha value is -2.27. The molecule has 2 aromatic rings. The van der Waals surface area contributed by atoms with Crippen LogP contribution in [0, 0.1) is 5.92 Å². The summed E-state index contributed by atoms with van der Waals surface area (Å²) < 4.78 is 5.26. The second-order valence-corrected chi connectivity index (χ2v) is 5.80. The van der Waals surface area contributed by atoms with Gasteiger partial charge in [-0.3, -0.25) is 4.79 Å². The van der Waals surface area contributed by atoms with Gasteiger partial charge in [-0.15, -0.1) is 0 Å². The zero-order chi connectivity index (χ0) is 15.5. The quantitative estimate of drug-likeness (QED) is 0.859. The molecule has 3 N–H and O–H groups in total. The average molecular weight is 300 g/mol. The second-order valence-electron chi connectivity index (χ2n) is 5.80. The highest BCUT2D eigenvalue weighted by molar-refractivity contribution is 5.94. The maximum absolute atomic E-state index is 12.7. The lowest BCUT2D eigenvalue weighted by Crippen LogP contribution is -2.32. The van der Waals surface area contributed by atoms with E-state index >= 15 is 0 Å². The molecular formula is C17H20N2O3. The van der Waals surface area contributed by atoms with Crippen LogP contribution in [-0.2, 0) is 13.1 Å². The van der Waals surface area contributed by atoms with E-state index in [-0.39, 0.29) is 18.2 Å². The predicted molar refractivity (Wildman–Crippen MR) is 82.2 cm³/mol. The van der Waals surface area contributed by atoms with Gasteiger partial charge in [-0.1, -0.05) is 12.1 Å². The first kappa shape index (κ1) is 14.7. The number of nitrogens with two attached hydrogens (primary N) is 1. The highest BCUT2D eigenvalue weighted by Gasteiger charge is 2.28. The van der Waals surface area contributed by atoms with Crippen LogP contribution in [0.25, 0.3) is 0 Å². The van der Waals surface area contributed by atoms with Gasteiger partial charge in [0.05, 0.1) is 12.1 Å². The highest BCUT2D eigenvalue weighted by atomic mass is 16.3. The topological polar surface area (TPSA) is 79.7 Å². The zero-order valence-electron chi connectivity index (χ0n) is 12.4. The molecule has 0 spiro atoms. The molecule has 0 atom stereocenters. The molecule has 0 radical (unpaired) electrons. The number of carbonyl (C=O) groups excluding carboxylic acids is 1. The number of phenols is 1. The number of furan rings is 1. The van der Waals surface area contributed by atoms with Crippen LogP contribution in [0.5, 0.6) is 5.75 Å². The summed E-state index contributed by atoms with van der Waals surface area (Å²) in [5, 5.41) is 9.58. The fourth-order valence-electron chi connectivity index (χ4n) is 2.49. The Morgan fingerprint density at radius 3 is 2.82 bits per heavy atom. The van der Waals surface area contributed by atoms with E-state index in [4.69, 9.17) is 10.2 Å². The molecule has 1 aliphatic carbocycles. The van der Waals surface area contributed by atoms with Crippen LogP contribution >= 0.6 is 0 Å². The Balaban J connectivity index is 1.77. The third kappa shape index (κ3) is 3.49. The third-order valence-corrected chi connectivity index (χ3v) is 3.85. The molecule has 0 unspecified atom stereocenters. The molecule has 1 saturated carbocycles. The number of hydrogen-bond acceptors (Lipinski definition) is 4. The number of carbonyl (C=O) groups is 1. The predicted octanol–water partition coefficient (Wildman–Crippen LogP) is 2.50. The number of rotatable bonds is 6. The Morgan fingerprint density at radius 2 is 2.18 bits per heavy atom. The molecule has 1 fully saturated rings. The van der Waals surface area contributed by atoms with Crippen molar-refractivity contribution in [2.75, 3.05) is 6.54 Å². The van der Waals surface area contributed by atoms with Crippen molar-refractivity contribution in [2.24, 2.45) is 11.7 Å². The Kier molecular flexibility index (Phi) is 4.15. The van der Waals surface area contributed by atoms with Crippen LogP contribution in [0.15, 0.2) is 41.0 Å². The van der Waals surface area contributed by atoms with Crippen molar-refractivity contribution in [3.8, 4) is 5.75 Å². The number of benzene rings is 1. The van der Waals surface area contributed by atoms with Gasteiger partial charge >= 0.3 is 0 Å². The van der Waals surface area contributed by atoms with Crippen molar-refractivity contribution < 1.29 is 14.3 Å². The molecular weight excluding hydrogens is 280 g/mol. The van der Waals surface area contributed by atoms with E-state index in [2.05, 4.69) is 0 Å². The van der Waals surface area contributed by atoms with Crippen molar-refractivity contribution >= 4 is 5.91 Å². The van der Waals surface area contributed by atoms with E-state index < -0.39 is 0 Å². The Bertz CT molecular complexity index is 661. The number of hydrogen-bond donors (Lipinski definition) is 2. The van der Waals surface area contributed by atoms with Crippen molar-refractivity contribution in [1.29, 1.82) is 0 Å². The molecule has 116 valence electrons. The summed E-state index contributed by atoms with van der Waals surface area (Å²) in [5.74, 6) is 1.35. The molecule has 1 aromatic heterocycles. The zero-order valence-corrected chi connectivity index (χ0v) is 12.4. The van der Waals surface area contributed by atoms with Crippen molar-refractivity contribution in [2.45, 2.75) is 25.9 Å². The van der Waals surface area contributed by atoms with Crippen molar-refractivity contribution in [3.63, 3.8) is 0 Å². The lowest BCUT2D eigenvalue weighted by Gasteiger charge is -2.22. The fraction of sp³-hybridized carbons (Fsp3) is 0.353. The Labute approximate surface area is 129 Å². The van der Waals surface area contributed by atoms with Crippen LogP contribution in [-0.4, -0.2) is 22.5 Å². The molecule has 3 rings (SSSR count). The molecule has 1 amide bonds. The van der Waals surface area contributed by atoms with Crippen molar-refractivity contribution in [1.82, 2.24) is 4.90 Å². The molecule has 22 heavy (non-hydrogen) atoms. The lowest BCUT2D eigenvalue weighted by molar-refractivity contribution is 0.0734. The first-order chi connectivity index (χ1) is 10.7. The first-order valence-corrected chi connectivity index (χ1v) is 7.50. The smallest absolute Gasteiger partial charge is 0.257 e. The lowest BCUT2D eigenvalue weighted by atomic mass is 10.1. The third-order valence-electron chi connectivity index (χ3n) is 3.85. The summed E-state index contributed by atoms with van der Waals surface area (Å²) in [6.07, 6.45) is 3.80. The van der Waals surface area contributed by atoms with E-state index in [1.165, 1.54) is 19.1 Å². The van der Waals surface area contributed by atoms with Crippen LogP contribution in [0.1, 0.15) is 34.5 Å². The Morgan fingerprint density at radius 1 is 1.36 bits per heavy atom. The molecule has 1 aromatic carbocycles. The van der Waals surface area contributed by atoms with Gasteiger partial charge < -0.3 is 20.2 Å². The van der Waals surface area contributed by atoms with Gasteiger partial charge in [-0.05, 0) is 42.5 Å². The number of amides is 1. The van der Waals surface area contributed by atoms with Gasteiger partial charge in [0.25, 0.3) is 5.91 Å². The maximum Gasteiger partial charge on any atom is 0.257 e.